The van der Waals surface area contributed by atoms with Gasteiger partial charge in [0.25, 0.3) is 0 Å². The summed E-state index contributed by atoms with van der Waals surface area (Å²) in [7, 11) is 1.81. The quantitative estimate of drug-likeness (QED) is 0.841. The van der Waals surface area contributed by atoms with E-state index in [1.54, 1.807) is 7.05 Å². The fourth-order valence-corrected chi connectivity index (χ4v) is 2.40. The molecule has 2 heterocycles. The van der Waals surface area contributed by atoms with Gasteiger partial charge in [-0.1, -0.05) is 20.3 Å². The van der Waals surface area contributed by atoms with Gasteiger partial charge < -0.3 is 5.32 Å². The number of piperazine rings is 1. The number of aryl methyl sites for hydroxylation is 1. The summed E-state index contributed by atoms with van der Waals surface area (Å²) in [6, 6.07) is 1.09. The van der Waals surface area contributed by atoms with Crippen LogP contribution in [0, 0.1) is 5.92 Å². The molecular formula is C12H24N6. The van der Waals surface area contributed by atoms with Crippen molar-refractivity contribution in [3.8, 4) is 0 Å². The summed E-state index contributed by atoms with van der Waals surface area (Å²) >= 11 is 0. The third-order valence-electron chi connectivity index (χ3n) is 3.96. The maximum Gasteiger partial charge on any atom is 0.188 e. The van der Waals surface area contributed by atoms with Crippen LogP contribution in [0.1, 0.15) is 33.0 Å². The second kappa shape index (κ2) is 5.75. The Morgan fingerprint density at radius 1 is 1.50 bits per heavy atom. The molecule has 1 aliphatic heterocycles. The highest BCUT2D eigenvalue weighted by Gasteiger charge is 2.28. The van der Waals surface area contributed by atoms with Gasteiger partial charge in [0.05, 0.1) is 13.6 Å². The van der Waals surface area contributed by atoms with E-state index < -0.39 is 0 Å². The van der Waals surface area contributed by atoms with Crippen LogP contribution < -0.4 is 5.32 Å². The smallest absolute Gasteiger partial charge is 0.188 e. The summed E-state index contributed by atoms with van der Waals surface area (Å²) in [5.74, 6) is 1.52. The number of hydrogen-bond donors (Lipinski definition) is 1. The summed E-state index contributed by atoms with van der Waals surface area (Å²) in [5, 5.41) is 15.9. The van der Waals surface area contributed by atoms with Crippen molar-refractivity contribution in [2.75, 3.05) is 13.1 Å². The van der Waals surface area contributed by atoms with E-state index in [1.807, 2.05) is 0 Å². The molecular weight excluding hydrogens is 228 g/mol. The zero-order chi connectivity index (χ0) is 13.1. The average molecular weight is 252 g/mol. The van der Waals surface area contributed by atoms with Crippen molar-refractivity contribution < 1.29 is 0 Å². The number of nitrogens with one attached hydrogen (secondary N) is 1. The Balaban J connectivity index is 1.97. The maximum absolute atomic E-state index is 4.26. The van der Waals surface area contributed by atoms with Crippen molar-refractivity contribution in [1.82, 2.24) is 30.4 Å². The van der Waals surface area contributed by atoms with Crippen LogP contribution >= 0.6 is 0 Å². The highest BCUT2D eigenvalue weighted by Crippen LogP contribution is 2.16. The van der Waals surface area contributed by atoms with Gasteiger partial charge in [-0.25, -0.2) is 0 Å². The molecule has 0 aromatic carbocycles. The minimum atomic E-state index is 0.522. The lowest BCUT2D eigenvalue weighted by Gasteiger charge is -2.40. The van der Waals surface area contributed by atoms with Gasteiger partial charge in [-0.2, -0.15) is 4.80 Å². The number of nitrogens with zero attached hydrogens (tertiary/aromatic N) is 5. The Morgan fingerprint density at radius 2 is 2.28 bits per heavy atom. The topological polar surface area (TPSA) is 58.9 Å². The molecule has 1 aromatic rings. The number of tetrazole rings is 1. The lowest BCUT2D eigenvalue weighted by molar-refractivity contribution is 0.109. The molecule has 0 amide bonds. The maximum atomic E-state index is 4.26. The van der Waals surface area contributed by atoms with Crippen LogP contribution in [-0.4, -0.2) is 50.3 Å². The van der Waals surface area contributed by atoms with Crippen LogP contribution in [0.15, 0.2) is 0 Å². The van der Waals surface area contributed by atoms with Crippen LogP contribution in [-0.2, 0) is 13.6 Å². The third-order valence-corrected chi connectivity index (χ3v) is 3.96. The molecule has 0 spiro atoms. The van der Waals surface area contributed by atoms with E-state index in [0.29, 0.717) is 18.0 Å². The second-order valence-corrected chi connectivity index (χ2v) is 5.37. The van der Waals surface area contributed by atoms with Gasteiger partial charge in [0, 0.05) is 25.2 Å². The highest BCUT2D eigenvalue weighted by atomic mass is 15.6. The van der Waals surface area contributed by atoms with Gasteiger partial charge in [0.1, 0.15) is 0 Å². The van der Waals surface area contributed by atoms with E-state index in [0.717, 1.165) is 25.5 Å². The van der Waals surface area contributed by atoms with Crippen LogP contribution in [0.3, 0.4) is 0 Å². The van der Waals surface area contributed by atoms with Crippen molar-refractivity contribution >= 4 is 0 Å². The highest BCUT2D eigenvalue weighted by molar-refractivity contribution is 4.89. The van der Waals surface area contributed by atoms with Crippen LogP contribution in [0.4, 0.5) is 0 Å². The van der Waals surface area contributed by atoms with Gasteiger partial charge in [-0.05, 0) is 18.1 Å². The Kier molecular flexibility index (Phi) is 4.29. The summed E-state index contributed by atoms with van der Waals surface area (Å²) in [6.45, 7) is 9.70. The molecule has 0 saturated carbocycles. The molecule has 0 bridgehead atoms. The summed E-state index contributed by atoms with van der Waals surface area (Å²) in [5.41, 5.74) is 0. The standard InChI is InChI=1S/C12H24N6/c1-5-9(2)11-7-18(10(3)6-13-11)8-12-14-16-17(4)15-12/h9-11,13H,5-8H2,1-4H3. The van der Waals surface area contributed by atoms with E-state index in [4.69, 9.17) is 0 Å². The lowest BCUT2D eigenvalue weighted by Crippen LogP contribution is -2.57. The van der Waals surface area contributed by atoms with Crippen molar-refractivity contribution in [2.45, 2.75) is 45.8 Å². The molecule has 6 heteroatoms. The van der Waals surface area contributed by atoms with E-state index >= 15 is 0 Å². The Morgan fingerprint density at radius 3 is 2.89 bits per heavy atom. The fourth-order valence-electron chi connectivity index (χ4n) is 2.40. The van der Waals surface area contributed by atoms with Crippen LogP contribution in [0.2, 0.25) is 0 Å². The largest absolute Gasteiger partial charge is 0.311 e. The first-order valence-electron chi connectivity index (χ1n) is 6.80. The molecule has 6 nitrogen and oxygen atoms in total. The van der Waals surface area contributed by atoms with Gasteiger partial charge in [-0.3, -0.25) is 4.90 Å². The normalized spacial score (nSPS) is 27.3. The Bertz CT molecular complexity index is 376. The monoisotopic (exact) mass is 252 g/mol. The van der Waals surface area contributed by atoms with Gasteiger partial charge >= 0.3 is 0 Å². The lowest BCUT2D eigenvalue weighted by atomic mass is 9.96. The number of aromatic nitrogens is 4. The predicted molar refractivity (Wildman–Crippen MR) is 69.9 cm³/mol. The zero-order valence-corrected chi connectivity index (χ0v) is 11.8. The molecule has 102 valence electrons. The van der Waals surface area contributed by atoms with Crippen LogP contribution in [0.25, 0.3) is 0 Å². The first kappa shape index (κ1) is 13.4. The average Bonchev–Trinajstić information content (AvgIpc) is 2.76. The molecule has 0 aliphatic carbocycles. The van der Waals surface area contributed by atoms with Crippen LogP contribution in [0.5, 0.6) is 0 Å². The first-order valence-corrected chi connectivity index (χ1v) is 6.80. The molecule has 1 aromatic heterocycles. The van der Waals surface area contributed by atoms with Gasteiger partial charge in [-0.15, -0.1) is 10.2 Å². The molecule has 1 N–H and O–H groups in total. The SMILES string of the molecule is CCC(C)C1CN(Cc2nnn(C)n2)C(C)CN1. The summed E-state index contributed by atoms with van der Waals surface area (Å²) in [6.07, 6.45) is 1.21. The molecule has 3 unspecified atom stereocenters. The molecule has 1 aliphatic rings. The van der Waals surface area contributed by atoms with E-state index in [2.05, 4.69) is 46.4 Å². The van der Waals surface area contributed by atoms with Gasteiger partial charge in [0.15, 0.2) is 5.82 Å². The number of hydrogen-bond acceptors (Lipinski definition) is 5. The van der Waals surface area contributed by atoms with E-state index in [1.165, 1.54) is 11.2 Å². The fraction of sp³-hybridized carbons (Fsp3) is 0.917. The third kappa shape index (κ3) is 3.05. The summed E-state index contributed by atoms with van der Waals surface area (Å²) in [4.78, 5) is 3.97. The summed E-state index contributed by atoms with van der Waals surface area (Å²) < 4.78 is 0. The molecule has 1 saturated heterocycles. The van der Waals surface area contributed by atoms with E-state index in [9.17, 15) is 0 Å². The van der Waals surface area contributed by atoms with Crippen molar-refractivity contribution in [2.24, 2.45) is 13.0 Å². The van der Waals surface area contributed by atoms with Crippen molar-refractivity contribution in [3.63, 3.8) is 0 Å². The Labute approximate surface area is 109 Å². The predicted octanol–water partition coefficient (Wildman–Crippen LogP) is 0.419. The number of rotatable bonds is 4. The van der Waals surface area contributed by atoms with Gasteiger partial charge in [0.2, 0.25) is 0 Å². The minimum Gasteiger partial charge on any atom is -0.311 e. The first-order chi connectivity index (χ1) is 8.60. The second-order valence-electron chi connectivity index (χ2n) is 5.37. The van der Waals surface area contributed by atoms with Crippen molar-refractivity contribution in [1.29, 1.82) is 0 Å². The molecule has 3 atom stereocenters. The van der Waals surface area contributed by atoms with Crippen molar-refractivity contribution in [3.05, 3.63) is 5.82 Å². The molecule has 0 radical (unpaired) electrons. The molecule has 1 fully saturated rings. The molecule has 18 heavy (non-hydrogen) atoms. The zero-order valence-electron chi connectivity index (χ0n) is 11.8. The van der Waals surface area contributed by atoms with E-state index in [-0.39, 0.29) is 0 Å². The Hall–Kier alpha value is -1.01. The minimum absolute atomic E-state index is 0.522. The molecule has 2 rings (SSSR count).